The van der Waals surface area contributed by atoms with E-state index in [-0.39, 0.29) is 4.99 Å². The van der Waals surface area contributed by atoms with Gasteiger partial charge in [-0.3, -0.25) is 0 Å². The molecule has 92 valence electrons. The Kier molecular flexibility index (Phi) is 4.22. The number of rotatable bonds is 5. The molecule has 2 heterocycles. The summed E-state index contributed by atoms with van der Waals surface area (Å²) < 4.78 is 5.33. The average molecular weight is 252 g/mol. The van der Waals surface area contributed by atoms with Crippen molar-refractivity contribution in [1.82, 2.24) is 9.97 Å². The monoisotopic (exact) mass is 252 g/mol. The first-order valence-electron chi connectivity index (χ1n) is 5.70. The van der Waals surface area contributed by atoms with Crippen LogP contribution in [0.5, 0.6) is 0 Å². The van der Waals surface area contributed by atoms with E-state index in [4.69, 9.17) is 22.7 Å². The molecule has 3 N–H and O–H groups in total. The van der Waals surface area contributed by atoms with Gasteiger partial charge in [0, 0.05) is 32.2 Å². The van der Waals surface area contributed by atoms with Gasteiger partial charge < -0.3 is 15.8 Å². The molecule has 0 amide bonds. The molecule has 0 radical (unpaired) electrons. The Hall–Kier alpha value is -1.27. The van der Waals surface area contributed by atoms with Crippen molar-refractivity contribution < 1.29 is 4.74 Å². The Balaban J connectivity index is 1.87. The van der Waals surface area contributed by atoms with Gasteiger partial charge >= 0.3 is 0 Å². The number of ether oxygens (including phenoxy) is 1. The Morgan fingerprint density at radius 3 is 3.06 bits per heavy atom. The molecule has 6 heteroatoms. The smallest absolute Gasteiger partial charge is 0.155 e. The summed E-state index contributed by atoms with van der Waals surface area (Å²) in [5, 5.41) is 3.22. The van der Waals surface area contributed by atoms with Crippen LogP contribution in [-0.4, -0.2) is 34.7 Å². The molecule has 1 aromatic rings. The van der Waals surface area contributed by atoms with E-state index in [1.165, 1.54) is 0 Å². The highest BCUT2D eigenvalue weighted by Gasteiger charge is 2.15. The zero-order chi connectivity index (χ0) is 12.1. The van der Waals surface area contributed by atoms with Crippen LogP contribution < -0.4 is 11.1 Å². The second kappa shape index (κ2) is 5.88. The Morgan fingerprint density at radius 1 is 1.53 bits per heavy atom. The van der Waals surface area contributed by atoms with E-state index in [0.717, 1.165) is 32.6 Å². The third kappa shape index (κ3) is 3.34. The number of nitrogens with one attached hydrogen (secondary N) is 1. The summed E-state index contributed by atoms with van der Waals surface area (Å²) in [4.78, 5) is 8.57. The molecular formula is C11H16N4OS. The summed E-state index contributed by atoms with van der Waals surface area (Å²) in [5.74, 6) is 1.31. The van der Waals surface area contributed by atoms with Crippen molar-refractivity contribution in [3.63, 3.8) is 0 Å². The molecule has 1 saturated heterocycles. The van der Waals surface area contributed by atoms with E-state index < -0.39 is 0 Å². The molecule has 1 fully saturated rings. The van der Waals surface area contributed by atoms with Crippen molar-refractivity contribution in [3.8, 4) is 0 Å². The van der Waals surface area contributed by atoms with Crippen LogP contribution in [0.4, 0.5) is 5.82 Å². The van der Waals surface area contributed by atoms with Crippen molar-refractivity contribution in [2.24, 2.45) is 11.7 Å². The normalized spacial score (nSPS) is 19.2. The molecule has 1 aliphatic rings. The fourth-order valence-electron chi connectivity index (χ4n) is 1.85. The fraction of sp³-hybridized carbons (Fsp3) is 0.545. The summed E-state index contributed by atoms with van der Waals surface area (Å²) in [5.41, 5.74) is 6.14. The number of hydrogen-bond donors (Lipinski definition) is 2. The Bertz CT molecular complexity index is 393. The number of aromatic nitrogens is 2. The second-order valence-corrected chi connectivity index (χ2v) is 4.50. The number of nitrogens with zero attached hydrogens (tertiary/aromatic N) is 2. The molecule has 1 aromatic heterocycles. The molecule has 0 saturated carbocycles. The van der Waals surface area contributed by atoms with E-state index in [1.807, 2.05) is 0 Å². The molecule has 2 rings (SSSR count). The van der Waals surface area contributed by atoms with Crippen molar-refractivity contribution in [2.75, 3.05) is 25.1 Å². The molecular weight excluding hydrogens is 236 g/mol. The quantitative estimate of drug-likeness (QED) is 0.760. The summed E-state index contributed by atoms with van der Waals surface area (Å²) >= 11 is 4.92. The van der Waals surface area contributed by atoms with Crippen LogP contribution >= 0.6 is 12.2 Å². The third-order valence-corrected chi connectivity index (χ3v) is 2.99. The van der Waals surface area contributed by atoms with Gasteiger partial charge in [0.1, 0.15) is 10.7 Å². The van der Waals surface area contributed by atoms with Crippen molar-refractivity contribution in [3.05, 3.63) is 18.1 Å². The van der Waals surface area contributed by atoms with E-state index in [0.29, 0.717) is 17.4 Å². The van der Waals surface area contributed by atoms with Crippen molar-refractivity contribution in [1.29, 1.82) is 0 Å². The van der Waals surface area contributed by atoms with Gasteiger partial charge in [0.05, 0.1) is 0 Å². The Morgan fingerprint density at radius 2 is 2.35 bits per heavy atom. The molecule has 17 heavy (non-hydrogen) atoms. The number of thiocarbonyl (C=S) groups is 1. The maximum Gasteiger partial charge on any atom is 0.155 e. The van der Waals surface area contributed by atoms with Crippen LogP contribution in [0.1, 0.15) is 18.5 Å². The van der Waals surface area contributed by atoms with Gasteiger partial charge in [-0.25, -0.2) is 9.97 Å². The lowest BCUT2D eigenvalue weighted by Crippen LogP contribution is -2.17. The number of nitrogens with two attached hydrogens (primary N) is 1. The van der Waals surface area contributed by atoms with Crippen molar-refractivity contribution in [2.45, 2.75) is 12.8 Å². The molecule has 5 nitrogen and oxygen atoms in total. The number of hydrogen-bond acceptors (Lipinski definition) is 5. The highest BCUT2D eigenvalue weighted by Crippen LogP contribution is 2.16. The van der Waals surface area contributed by atoms with Crippen LogP contribution in [0.15, 0.2) is 12.4 Å². The van der Waals surface area contributed by atoms with Gasteiger partial charge in [-0.1, -0.05) is 12.2 Å². The molecule has 0 spiro atoms. The van der Waals surface area contributed by atoms with Crippen LogP contribution in [0.2, 0.25) is 0 Å². The van der Waals surface area contributed by atoms with Crippen LogP contribution in [0.3, 0.4) is 0 Å². The van der Waals surface area contributed by atoms with Crippen molar-refractivity contribution >= 4 is 23.0 Å². The molecule has 1 aliphatic heterocycles. The Labute approximate surface area is 106 Å². The van der Waals surface area contributed by atoms with Gasteiger partial charge in [0.25, 0.3) is 0 Å². The fourth-order valence-corrected chi connectivity index (χ4v) is 2.00. The molecule has 1 unspecified atom stereocenters. The lowest BCUT2D eigenvalue weighted by molar-refractivity contribution is 0.185. The first-order valence-corrected chi connectivity index (χ1v) is 6.10. The average Bonchev–Trinajstić information content (AvgIpc) is 2.82. The standard InChI is InChI=1S/C11H16N4OS/c12-10(17)9-11(15-5-4-13-9)14-3-1-8-2-6-16-7-8/h4-5,8H,1-3,6-7H2,(H2,12,17)(H,14,15). The van der Waals surface area contributed by atoms with E-state index in [2.05, 4.69) is 15.3 Å². The molecule has 0 aromatic carbocycles. The minimum absolute atomic E-state index is 0.268. The highest BCUT2D eigenvalue weighted by molar-refractivity contribution is 7.80. The first-order chi connectivity index (χ1) is 8.27. The van der Waals surface area contributed by atoms with Crippen LogP contribution in [-0.2, 0) is 4.74 Å². The van der Waals surface area contributed by atoms with Crippen LogP contribution in [0, 0.1) is 5.92 Å². The van der Waals surface area contributed by atoms with Crippen LogP contribution in [0.25, 0.3) is 0 Å². The predicted molar refractivity (Wildman–Crippen MR) is 70.0 cm³/mol. The maximum absolute atomic E-state index is 5.58. The van der Waals surface area contributed by atoms with E-state index >= 15 is 0 Å². The first kappa shape index (κ1) is 12.2. The van der Waals surface area contributed by atoms with Gasteiger partial charge in [-0.05, 0) is 18.8 Å². The lowest BCUT2D eigenvalue weighted by atomic mass is 10.1. The van der Waals surface area contributed by atoms with E-state index in [9.17, 15) is 0 Å². The SMILES string of the molecule is NC(=S)c1nccnc1NCCC1CCOC1. The van der Waals surface area contributed by atoms with Gasteiger partial charge in [-0.2, -0.15) is 0 Å². The third-order valence-electron chi connectivity index (χ3n) is 2.80. The second-order valence-electron chi connectivity index (χ2n) is 4.06. The topological polar surface area (TPSA) is 73.1 Å². The maximum atomic E-state index is 5.58. The summed E-state index contributed by atoms with van der Waals surface area (Å²) in [6, 6.07) is 0. The minimum atomic E-state index is 0.268. The summed E-state index contributed by atoms with van der Waals surface area (Å²) in [6.07, 6.45) is 5.42. The van der Waals surface area contributed by atoms with Gasteiger partial charge in [0.2, 0.25) is 0 Å². The zero-order valence-corrected chi connectivity index (χ0v) is 10.4. The zero-order valence-electron chi connectivity index (χ0n) is 9.56. The summed E-state index contributed by atoms with van der Waals surface area (Å²) in [6.45, 7) is 2.58. The van der Waals surface area contributed by atoms with Gasteiger partial charge in [0.15, 0.2) is 5.82 Å². The minimum Gasteiger partial charge on any atom is -0.388 e. The van der Waals surface area contributed by atoms with Gasteiger partial charge in [-0.15, -0.1) is 0 Å². The molecule has 1 atom stereocenters. The largest absolute Gasteiger partial charge is 0.388 e. The summed E-state index contributed by atoms with van der Waals surface area (Å²) in [7, 11) is 0. The van der Waals surface area contributed by atoms with E-state index in [1.54, 1.807) is 12.4 Å². The molecule has 0 bridgehead atoms. The highest BCUT2D eigenvalue weighted by atomic mass is 32.1. The number of anilines is 1. The molecule has 0 aliphatic carbocycles. The predicted octanol–water partition coefficient (Wildman–Crippen LogP) is 0.949. The lowest BCUT2D eigenvalue weighted by Gasteiger charge is -2.11.